The van der Waals surface area contributed by atoms with Crippen LogP contribution in [0.4, 0.5) is 11.4 Å². The van der Waals surface area contributed by atoms with E-state index in [2.05, 4.69) is 0 Å². The minimum absolute atomic E-state index is 0.127. The first kappa shape index (κ1) is 22.4. The van der Waals surface area contributed by atoms with Crippen molar-refractivity contribution >= 4 is 46.4 Å². The lowest BCUT2D eigenvalue weighted by Crippen LogP contribution is -2.37. The Morgan fingerprint density at radius 3 is 1.45 bits per heavy atom. The summed E-state index contributed by atoms with van der Waals surface area (Å²) in [7, 11) is 0. The summed E-state index contributed by atoms with van der Waals surface area (Å²) in [5.41, 5.74) is -0.129. The van der Waals surface area contributed by atoms with Gasteiger partial charge in [0.1, 0.15) is 10.0 Å². The first-order valence-corrected chi connectivity index (χ1v) is 9.91. The summed E-state index contributed by atoms with van der Waals surface area (Å²) in [4.78, 5) is 49.2. The quantitative estimate of drug-likeness (QED) is 0.497. The standard InChI is InChI=1S/C19H16Cl2N4O6/c20-14-10-12(2-4-16(14)24(28)29)18(26)22-6-1-7-23(9-8-22)19(27)13-3-5-17(25(30)31)15(21)11-13/h2-5,10-11H,1,6-9H2. The second-order valence-corrected chi connectivity index (χ2v) is 7.60. The van der Waals surface area contributed by atoms with Crippen LogP contribution in [-0.2, 0) is 0 Å². The van der Waals surface area contributed by atoms with Crippen LogP contribution in [-0.4, -0.2) is 57.6 Å². The molecule has 162 valence electrons. The largest absolute Gasteiger partial charge is 0.337 e. The van der Waals surface area contributed by atoms with Crippen LogP contribution in [0.1, 0.15) is 27.1 Å². The molecule has 1 aliphatic heterocycles. The van der Waals surface area contributed by atoms with Gasteiger partial charge < -0.3 is 9.80 Å². The second-order valence-electron chi connectivity index (χ2n) is 6.78. The maximum absolute atomic E-state index is 12.8. The van der Waals surface area contributed by atoms with E-state index >= 15 is 0 Å². The van der Waals surface area contributed by atoms with E-state index in [-0.39, 0.29) is 57.5 Å². The number of nitro groups is 2. The molecule has 1 saturated heterocycles. The molecule has 0 radical (unpaired) electrons. The molecule has 0 saturated carbocycles. The lowest BCUT2D eigenvalue weighted by atomic mass is 10.1. The van der Waals surface area contributed by atoms with Crippen molar-refractivity contribution in [3.8, 4) is 0 Å². The lowest BCUT2D eigenvalue weighted by molar-refractivity contribution is -0.384. The van der Waals surface area contributed by atoms with Gasteiger partial charge in [0.05, 0.1) is 9.85 Å². The average Bonchev–Trinajstić information content (AvgIpc) is 2.98. The molecule has 1 heterocycles. The molecule has 2 aromatic carbocycles. The van der Waals surface area contributed by atoms with E-state index in [1.54, 1.807) is 9.80 Å². The molecule has 2 amide bonds. The summed E-state index contributed by atoms with van der Waals surface area (Å²) in [6.45, 7) is 1.27. The van der Waals surface area contributed by atoms with Crippen LogP contribution < -0.4 is 0 Å². The Morgan fingerprint density at radius 2 is 1.13 bits per heavy atom. The van der Waals surface area contributed by atoms with Gasteiger partial charge in [0.25, 0.3) is 23.2 Å². The molecule has 3 rings (SSSR count). The number of hydrogen-bond acceptors (Lipinski definition) is 6. The number of carbonyl (C=O) groups is 2. The minimum Gasteiger partial charge on any atom is -0.337 e. The lowest BCUT2D eigenvalue weighted by Gasteiger charge is -2.22. The fourth-order valence-corrected chi connectivity index (χ4v) is 3.76. The molecule has 0 aromatic heterocycles. The van der Waals surface area contributed by atoms with Crippen LogP contribution in [0.15, 0.2) is 36.4 Å². The molecule has 0 aliphatic carbocycles. The molecule has 0 unspecified atom stereocenters. The number of halogens is 2. The average molecular weight is 467 g/mol. The number of amides is 2. The fourth-order valence-electron chi connectivity index (χ4n) is 3.26. The molecule has 10 nitrogen and oxygen atoms in total. The van der Waals surface area contributed by atoms with Crippen molar-refractivity contribution in [2.75, 3.05) is 26.2 Å². The van der Waals surface area contributed by atoms with Gasteiger partial charge in [-0.1, -0.05) is 23.2 Å². The summed E-state index contributed by atoms with van der Waals surface area (Å²) in [6, 6.07) is 7.57. The van der Waals surface area contributed by atoms with Crippen LogP contribution in [0.5, 0.6) is 0 Å². The van der Waals surface area contributed by atoms with Crippen LogP contribution in [0.25, 0.3) is 0 Å². The van der Waals surface area contributed by atoms with Gasteiger partial charge in [-0.3, -0.25) is 29.8 Å². The Morgan fingerprint density at radius 1 is 0.742 bits per heavy atom. The van der Waals surface area contributed by atoms with Crippen molar-refractivity contribution in [1.29, 1.82) is 0 Å². The van der Waals surface area contributed by atoms with Crippen LogP contribution in [0, 0.1) is 20.2 Å². The van der Waals surface area contributed by atoms with Gasteiger partial charge in [-0.15, -0.1) is 0 Å². The van der Waals surface area contributed by atoms with Gasteiger partial charge in [0.2, 0.25) is 0 Å². The summed E-state index contributed by atoms with van der Waals surface area (Å²) < 4.78 is 0. The van der Waals surface area contributed by atoms with Crippen LogP contribution in [0.3, 0.4) is 0 Å². The van der Waals surface area contributed by atoms with Gasteiger partial charge in [-0.2, -0.15) is 0 Å². The highest BCUT2D eigenvalue weighted by Crippen LogP contribution is 2.27. The van der Waals surface area contributed by atoms with Gasteiger partial charge in [0.15, 0.2) is 0 Å². The van der Waals surface area contributed by atoms with Crippen molar-refractivity contribution in [2.45, 2.75) is 6.42 Å². The predicted molar refractivity (Wildman–Crippen MR) is 113 cm³/mol. The van der Waals surface area contributed by atoms with Crippen molar-refractivity contribution in [3.63, 3.8) is 0 Å². The zero-order valence-corrected chi connectivity index (χ0v) is 17.5. The summed E-state index contributed by atoms with van der Waals surface area (Å²) in [6.07, 6.45) is 0.513. The molecular weight excluding hydrogens is 451 g/mol. The van der Waals surface area contributed by atoms with Gasteiger partial charge >= 0.3 is 0 Å². The molecule has 31 heavy (non-hydrogen) atoms. The maximum atomic E-state index is 12.8. The number of nitro benzene ring substituents is 2. The van der Waals surface area contributed by atoms with Gasteiger partial charge in [-0.25, -0.2) is 0 Å². The topological polar surface area (TPSA) is 127 Å². The SMILES string of the molecule is O=C(c1ccc([N+](=O)[O-])c(Cl)c1)N1CCCN(C(=O)c2ccc([N+](=O)[O-])c(Cl)c2)CC1. The van der Waals surface area contributed by atoms with Crippen LogP contribution in [0.2, 0.25) is 10.0 Å². The first-order valence-electron chi connectivity index (χ1n) is 9.15. The molecule has 1 fully saturated rings. The molecule has 0 spiro atoms. The first-order chi connectivity index (χ1) is 14.7. The number of rotatable bonds is 4. The molecule has 12 heteroatoms. The van der Waals surface area contributed by atoms with Gasteiger partial charge in [-0.05, 0) is 30.7 Å². The summed E-state index contributed by atoms with van der Waals surface area (Å²) in [5, 5.41) is 21.5. The molecule has 1 aliphatic rings. The van der Waals surface area contributed by atoms with Crippen molar-refractivity contribution in [3.05, 3.63) is 77.8 Å². The normalized spacial score (nSPS) is 14.1. The second kappa shape index (κ2) is 9.27. The highest BCUT2D eigenvalue weighted by atomic mass is 35.5. The fraction of sp³-hybridized carbons (Fsp3) is 0.263. The van der Waals surface area contributed by atoms with E-state index < -0.39 is 9.85 Å². The summed E-state index contributed by atoms with van der Waals surface area (Å²) >= 11 is 11.8. The smallest absolute Gasteiger partial charge is 0.287 e. The van der Waals surface area contributed by atoms with E-state index in [0.29, 0.717) is 19.5 Å². The van der Waals surface area contributed by atoms with E-state index in [4.69, 9.17) is 23.2 Å². The van der Waals surface area contributed by atoms with Gasteiger partial charge in [0, 0.05) is 49.4 Å². The highest BCUT2D eigenvalue weighted by molar-refractivity contribution is 6.33. The Labute approximate surface area is 186 Å². The van der Waals surface area contributed by atoms with E-state index in [1.165, 1.54) is 36.4 Å². The Balaban J connectivity index is 1.70. The number of nitrogens with zero attached hydrogens (tertiary/aromatic N) is 4. The van der Waals surface area contributed by atoms with Crippen molar-refractivity contribution in [1.82, 2.24) is 9.80 Å². The van der Waals surface area contributed by atoms with E-state index in [1.807, 2.05) is 0 Å². The van der Waals surface area contributed by atoms with E-state index in [0.717, 1.165) is 0 Å². The van der Waals surface area contributed by atoms with Crippen molar-refractivity contribution in [2.24, 2.45) is 0 Å². The number of benzene rings is 2. The van der Waals surface area contributed by atoms with Crippen molar-refractivity contribution < 1.29 is 19.4 Å². The summed E-state index contributed by atoms with van der Waals surface area (Å²) in [5.74, 6) is -0.686. The zero-order valence-electron chi connectivity index (χ0n) is 16.0. The third kappa shape index (κ3) is 4.92. The molecular formula is C19H16Cl2N4O6. The monoisotopic (exact) mass is 466 g/mol. The van der Waals surface area contributed by atoms with Crippen LogP contribution >= 0.6 is 23.2 Å². The molecule has 0 N–H and O–H groups in total. The third-order valence-corrected chi connectivity index (χ3v) is 5.46. The Kier molecular flexibility index (Phi) is 6.71. The predicted octanol–water partition coefficient (Wildman–Crippen LogP) is 3.80. The Bertz CT molecular complexity index is 994. The molecule has 2 aromatic rings. The number of hydrogen-bond donors (Lipinski definition) is 0. The maximum Gasteiger partial charge on any atom is 0.287 e. The number of carbonyl (C=O) groups excluding carboxylic acids is 2. The van der Waals surface area contributed by atoms with E-state index in [9.17, 15) is 29.8 Å². The Hall–Kier alpha value is -3.24. The molecule has 0 bridgehead atoms. The highest BCUT2D eigenvalue weighted by Gasteiger charge is 2.25. The zero-order chi connectivity index (χ0) is 22.7. The molecule has 0 atom stereocenters. The minimum atomic E-state index is -0.629. The third-order valence-electron chi connectivity index (χ3n) is 4.85.